The van der Waals surface area contributed by atoms with Crippen LogP contribution in [0.4, 0.5) is 0 Å². The molecule has 4 nitrogen and oxygen atoms in total. The Bertz CT molecular complexity index is 460. The van der Waals surface area contributed by atoms with Crippen molar-refractivity contribution in [2.45, 2.75) is 72.5 Å². The van der Waals surface area contributed by atoms with Gasteiger partial charge < -0.3 is 14.0 Å². The van der Waals surface area contributed by atoms with E-state index in [1.54, 1.807) is 0 Å². The van der Waals surface area contributed by atoms with Crippen LogP contribution in [0, 0.1) is 16.7 Å². The molecule has 2 rings (SSSR count). The molecular formula is C20H38NO3+. The molecule has 0 aromatic carbocycles. The van der Waals surface area contributed by atoms with Gasteiger partial charge in [0.05, 0.1) is 32.9 Å². The SMILES string of the molecule is CC[C@@H](C)OC(=O)C[N+](C)(C)CCO[C@@H]1C[C@H]2CC[C@@]1(C)C2(C)C. The van der Waals surface area contributed by atoms with Gasteiger partial charge in [-0.1, -0.05) is 27.7 Å². The van der Waals surface area contributed by atoms with Crippen LogP contribution in [0.5, 0.6) is 0 Å². The first-order valence-electron chi connectivity index (χ1n) is 9.65. The molecule has 0 unspecified atom stereocenters. The maximum absolute atomic E-state index is 12.0. The third-order valence-electron chi connectivity index (χ3n) is 7.19. The fourth-order valence-corrected chi connectivity index (χ4v) is 4.60. The maximum atomic E-state index is 12.0. The summed E-state index contributed by atoms with van der Waals surface area (Å²) in [5, 5.41) is 0. The van der Waals surface area contributed by atoms with Gasteiger partial charge in [0.25, 0.3) is 0 Å². The summed E-state index contributed by atoms with van der Waals surface area (Å²) in [6, 6.07) is 0. The Balaban J connectivity index is 1.78. The van der Waals surface area contributed by atoms with Crippen LogP contribution in [0.25, 0.3) is 0 Å². The fraction of sp³-hybridized carbons (Fsp3) is 0.950. The summed E-state index contributed by atoms with van der Waals surface area (Å²) in [4.78, 5) is 12.0. The van der Waals surface area contributed by atoms with Crippen LogP contribution in [0.1, 0.15) is 60.3 Å². The van der Waals surface area contributed by atoms with Crippen LogP contribution < -0.4 is 0 Å². The minimum Gasteiger partial charge on any atom is -0.459 e. The van der Waals surface area contributed by atoms with E-state index >= 15 is 0 Å². The monoisotopic (exact) mass is 340 g/mol. The maximum Gasteiger partial charge on any atom is 0.362 e. The van der Waals surface area contributed by atoms with Crippen LogP contribution in [-0.2, 0) is 14.3 Å². The lowest BCUT2D eigenvalue weighted by atomic mass is 9.70. The summed E-state index contributed by atoms with van der Waals surface area (Å²) in [7, 11) is 4.15. The van der Waals surface area contributed by atoms with Gasteiger partial charge in [-0.15, -0.1) is 0 Å². The second kappa shape index (κ2) is 6.95. The van der Waals surface area contributed by atoms with Gasteiger partial charge in [0.1, 0.15) is 6.54 Å². The number of ether oxygens (including phenoxy) is 2. The molecule has 0 spiro atoms. The smallest absolute Gasteiger partial charge is 0.362 e. The molecule has 0 aromatic heterocycles. The van der Waals surface area contributed by atoms with Gasteiger partial charge in [-0.05, 0) is 49.4 Å². The lowest BCUT2D eigenvalue weighted by molar-refractivity contribution is -0.883. The zero-order chi connectivity index (χ0) is 18.2. The van der Waals surface area contributed by atoms with Gasteiger partial charge in [0, 0.05) is 0 Å². The molecule has 2 saturated carbocycles. The Morgan fingerprint density at radius 2 is 1.96 bits per heavy atom. The lowest BCUT2D eigenvalue weighted by Crippen LogP contribution is -2.48. The minimum absolute atomic E-state index is 0.00460. The average molecular weight is 341 g/mol. The summed E-state index contributed by atoms with van der Waals surface area (Å²) in [6.07, 6.45) is 5.08. The highest BCUT2D eigenvalue weighted by molar-refractivity contribution is 5.70. The molecule has 0 saturated heterocycles. The Morgan fingerprint density at radius 1 is 1.29 bits per heavy atom. The number of carbonyl (C=O) groups excluding carboxylic acids is 1. The number of hydrogen-bond acceptors (Lipinski definition) is 3. The number of esters is 1. The van der Waals surface area contributed by atoms with E-state index in [0.717, 1.165) is 18.9 Å². The Morgan fingerprint density at radius 3 is 2.46 bits per heavy atom. The summed E-state index contributed by atoms with van der Waals surface area (Å²) >= 11 is 0. The van der Waals surface area contributed by atoms with E-state index in [2.05, 4.69) is 34.9 Å². The third kappa shape index (κ3) is 3.80. The molecule has 2 fully saturated rings. The predicted octanol–water partition coefficient (Wildman–Crippen LogP) is 3.64. The van der Waals surface area contributed by atoms with E-state index < -0.39 is 0 Å². The van der Waals surface area contributed by atoms with Gasteiger partial charge in [-0.3, -0.25) is 0 Å². The van der Waals surface area contributed by atoms with Gasteiger partial charge in [-0.2, -0.15) is 0 Å². The van der Waals surface area contributed by atoms with Crippen molar-refractivity contribution in [3.8, 4) is 0 Å². The Hall–Kier alpha value is -0.610. The molecule has 2 bridgehead atoms. The summed E-state index contributed by atoms with van der Waals surface area (Å²) < 4.78 is 12.3. The number of nitrogens with zero attached hydrogens (tertiary/aromatic N) is 1. The van der Waals surface area contributed by atoms with Crippen LogP contribution in [0.3, 0.4) is 0 Å². The second-order valence-corrected chi connectivity index (χ2v) is 9.50. The first-order chi connectivity index (χ1) is 11.0. The first-order valence-corrected chi connectivity index (χ1v) is 9.65. The van der Waals surface area contributed by atoms with Crippen LogP contribution in [-0.4, -0.2) is 56.5 Å². The first kappa shape index (κ1) is 19.7. The van der Waals surface area contributed by atoms with Gasteiger partial charge in [0.2, 0.25) is 0 Å². The summed E-state index contributed by atoms with van der Waals surface area (Å²) in [5.74, 6) is 0.697. The number of quaternary nitrogens is 1. The van der Waals surface area contributed by atoms with Crippen molar-refractivity contribution in [3.63, 3.8) is 0 Å². The molecule has 24 heavy (non-hydrogen) atoms. The third-order valence-corrected chi connectivity index (χ3v) is 7.19. The van der Waals surface area contributed by atoms with E-state index in [9.17, 15) is 4.79 Å². The number of fused-ring (bicyclic) bond motifs is 2. The topological polar surface area (TPSA) is 35.5 Å². The number of hydrogen-bond donors (Lipinski definition) is 0. The van der Waals surface area contributed by atoms with E-state index in [4.69, 9.17) is 9.47 Å². The average Bonchev–Trinajstić information content (AvgIpc) is 2.79. The van der Waals surface area contributed by atoms with Gasteiger partial charge >= 0.3 is 5.97 Å². The van der Waals surface area contributed by atoms with Crippen molar-refractivity contribution in [2.24, 2.45) is 16.7 Å². The molecule has 2 aliphatic rings. The fourth-order valence-electron chi connectivity index (χ4n) is 4.60. The standard InChI is InChI=1S/C20H38NO3/c1-8-15(2)24-18(22)14-21(6,7)11-12-23-17-13-16-9-10-20(17,5)19(16,3)4/h15-17H,8-14H2,1-7H3/q+1/t15-,16-,17-,20-/m1/s1. The molecule has 2 aliphatic carbocycles. The number of likely N-dealkylation sites (N-methyl/N-ethyl adjacent to an activating group) is 1. The number of carbonyl (C=O) groups is 1. The highest BCUT2D eigenvalue weighted by Crippen LogP contribution is 2.66. The van der Waals surface area contributed by atoms with Crippen LogP contribution in [0.2, 0.25) is 0 Å². The normalized spacial score (nSPS) is 32.8. The molecule has 0 N–H and O–H groups in total. The molecule has 4 heteroatoms. The van der Waals surface area contributed by atoms with Gasteiger partial charge in [0.15, 0.2) is 6.54 Å². The molecule has 4 atom stereocenters. The second-order valence-electron chi connectivity index (χ2n) is 9.50. The largest absolute Gasteiger partial charge is 0.459 e. The van der Waals surface area contributed by atoms with Crippen molar-refractivity contribution in [3.05, 3.63) is 0 Å². The Labute approximate surface area is 148 Å². The summed E-state index contributed by atoms with van der Waals surface area (Å²) in [6.45, 7) is 13.2. The lowest BCUT2D eigenvalue weighted by Gasteiger charge is -2.39. The number of rotatable bonds is 8. The van der Waals surface area contributed by atoms with Gasteiger partial charge in [-0.25, -0.2) is 4.79 Å². The zero-order valence-corrected chi connectivity index (χ0v) is 16.9. The van der Waals surface area contributed by atoms with E-state index in [1.165, 1.54) is 19.3 Å². The predicted molar refractivity (Wildman–Crippen MR) is 96.7 cm³/mol. The molecule has 0 aromatic rings. The minimum atomic E-state index is -0.109. The van der Waals surface area contributed by atoms with Crippen molar-refractivity contribution >= 4 is 5.97 Å². The van der Waals surface area contributed by atoms with Crippen LogP contribution >= 0.6 is 0 Å². The van der Waals surface area contributed by atoms with E-state index in [1.807, 2.05) is 13.8 Å². The van der Waals surface area contributed by atoms with Crippen molar-refractivity contribution < 1.29 is 18.8 Å². The van der Waals surface area contributed by atoms with Crippen molar-refractivity contribution in [2.75, 3.05) is 33.8 Å². The molecule has 140 valence electrons. The quantitative estimate of drug-likeness (QED) is 0.500. The van der Waals surface area contributed by atoms with Crippen LogP contribution in [0.15, 0.2) is 0 Å². The molecule has 0 amide bonds. The summed E-state index contributed by atoms with van der Waals surface area (Å²) in [5.41, 5.74) is 0.701. The molecule has 0 heterocycles. The van der Waals surface area contributed by atoms with E-state index in [0.29, 0.717) is 34.6 Å². The Kier molecular flexibility index (Phi) is 5.71. The van der Waals surface area contributed by atoms with Crippen molar-refractivity contribution in [1.29, 1.82) is 0 Å². The molecular weight excluding hydrogens is 302 g/mol. The zero-order valence-electron chi connectivity index (χ0n) is 16.9. The van der Waals surface area contributed by atoms with Crippen molar-refractivity contribution in [1.82, 2.24) is 0 Å². The molecule has 0 radical (unpaired) electrons. The molecule has 0 aliphatic heterocycles. The highest BCUT2D eigenvalue weighted by atomic mass is 16.5. The highest BCUT2D eigenvalue weighted by Gasteiger charge is 2.61. The van der Waals surface area contributed by atoms with E-state index in [-0.39, 0.29) is 12.1 Å².